The maximum Gasteiger partial charge on any atom is 0.149 e. The molecule has 1 atom stereocenters. The van der Waals surface area contributed by atoms with Crippen molar-refractivity contribution >= 4 is 11.3 Å². The Hall–Kier alpha value is -1.17. The van der Waals surface area contributed by atoms with Crippen LogP contribution in [0.3, 0.4) is 0 Å². The summed E-state index contributed by atoms with van der Waals surface area (Å²) in [7, 11) is 0. The van der Waals surface area contributed by atoms with E-state index in [4.69, 9.17) is 0 Å². The number of thiophene rings is 1. The van der Waals surface area contributed by atoms with Crippen molar-refractivity contribution in [2.75, 3.05) is 6.61 Å². The maximum atomic E-state index is 9.37. The number of aryl methyl sites for hydroxylation is 1. The Bertz CT molecular complexity index is 479. The van der Waals surface area contributed by atoms with Crippen molar-refractivity contribution in [1.29, 1.82) is 0 Å². The molecule has 0 aliphatic heterocycles. The first kappa shape index (κ1) is 14.2. The number of hydrogen-bond acceptors (Lipinski definition) is 4. The smallest absolute Gasteiger partial charge is 0.149 e. The monoisotopic (exact) mass is 279 g/mol. The zero-order valence-corrected chi connectivity index (χ0v) is 12.2. The van der Waals surface area contributed by atoms with E-state index in [-0.39, 0.29) is 12.6 Å². The molecule has 104 valence electrons. The van der Waals surface area contributed by atoms with Crippen LogP contribution < -0.4 is 5.32 Å². The lowest BCUT2D eigenvalue weighted by atomic mass is 10.2. The summed E-state index contributed by atoms with van der Waals surface area (Å²) >= 11 is 1.70. The van der Waals surface area contributed by atoms with Crippen molar-refractivity contribution in [2.24, 2.45) is 0 Å². The fraction of sp³-hybridized carbons (Fsp3) is 0.500. The van der Waals surface area contributed by atoms with Crippen LogP contribution in [0.15, 0.2) is 29.9 Å². The Morgan fingerprint density at radius 3 is 2.95 bits per heavy atom. The van der Waals surface area contributed by atoms with Crippen LogP contribution in [0, 0.1) is 0 Å². The number of rotatable bonds is 7. The van der Waals surface area contributed by atoms with E-state index in [1.54, 1.807) is 11.3 Å². The maximum absolute atomic E-state index is 9.37. The number of nitrogens with zero attached hydrogens (tertiary/aromatic N) is 2. The predicted molar refractivity (Wildman–Crippen MR) is 79.3 cm³/mol. The molecule has 0 aliphatic rings. The molecule has 2 aromatic heterocycles. The van der Waals surface area contributed by atoms with Crippen molar-refractivity contribution < 1.29 is 5.11 Å². The summed E-state index contributed by atoms with van der Waals surface area (Å²) in [6.07, 6.45) is 4.72. The number of aromatic nitrogens is 2. The third-order valence-electron chi connectivity index (χ3n) is 2.96. The predicted octanol–water partition coefficient (Wildman–Crippen LogP) is 2.36. The molecule has 0 bridgehead atoms. The second-order valence-electron chi connectivity index (χ2n) is 4.91. The fourth-order valence-corrected chi connectivity index (χ4v) is 2.85. The molecule has 2 heterocycles. The molecule has 2 aromatic rings. The van der Waals surface area contributed by atoms with E-state index in [0.29, 0.717) is 6.04 Å². The van der Waals surface area contributed by atoms with Gasteiger partial charge < -0.3 is 15.0 Å². The summed E-state index contributed by atoms with van der Waals surface area (Å²) in [5.41, 5.74) is 0. The van der Waals surface area contributed by atoms with Gasteiger partial charge in [-0.25, -0.2) is 4.98 Å². The Balaban J connectivity index is 1.98. The van der Waals surface area contributed by atoms with Crippen LogP contribution in [0.4, 0.5) is 0 Å². The van der Waals surface area contributed by atoms with Gasteiger partial charge in [0.25, 0.3) is 0 Å². The van der Waals surface area contributed by atoms with Gasteiger partial charge in [0.2, 0.25) is 0 Å². The lowest BCUT2D eigenvalue weighted by molar-refractivity contribution is 0.224. The van der Waals surface area contributed by atoms with Crippen molar-refractivity contribution in [2.45, 2.75) is 38.9 Å². The molecule has 2 rings (SSSR count). The molecule has 0 radical (unpaired) electrons. The molecule has 0 spiro atoms. The number of aliphatic hydroxyl groups is 1. The normalized spacial score (nSPS) is 13.1. The van der Waals surface area contributed by atoms with E-state index in [1.807, 2.05) is 18.5 Å². The van der Waals surface area contributed by atoms with E-state index in [0.717, 1.165) is 18.8 Å². The van der Waals surface area contributed by atoms with Crippen LogP contribution in [0.1, 0.15) is 20.3 Å². The molecule has 0 saturated heterocycles. The highest BCUT2D eigenvalue weighted by Crippen LogP contribution is 2.23. The van der Waals surface area contributed by atoms with Gasteiger partial charge >= 0.3 is 0 Å². The summed E-state index contributed by atoms with van der Waals surface area (Å²) < 4.78 is 2.15. The standard InChI is InChI=1S/C14H21N3OS/c1-11(2)16-12(10-18)5-7-17-8-6-15-14(17)13-4-3-9-19-13/h3-4,6,8-9,11-12,16,18H,5,7,10H2,1-2H3. The minimum atomic E-state index is 0.138. The molecule has 1 unspecified atom stereocenters. The number of nitrogens with one attached hydrogen (secondary N) is 1. The third-order valence-corrected chi connectivity index (χ3v) is 3.83. The average Bonchev–Trinajstić information content (AvgIpc) is 3.03. The fourth-order valence-electron chi connectivity index (χ4n) is 2.11. The summed E-state index contributed by atoms with van der Waals surface area (Å²) in [4.78, 5) is 5.60. The van der Waals surface area contributed by atoms with Crippen molar-refractivity contribution in [3.63, 3.8) is 0 Å². The number of aliphatic hydroxyl groups excluding tert-OH is 1. The van der Waals surface area contributed by atoms with Crippen LogP contribution in [-0.4, -0.2) is 33.3 Å². The molecule has 2 N–H and O–H groups in total. The molecule has 19 heavy (non-hydrogen) atoms. The van der Waals surface area contributed by atoms with Crippen molar-refractivity contribution in [3.05, 3.63) is 29.9 Å². The first-order valence-corrected chi connectivity index (χ1v) is 7.50. The molecule has 4 nitrogen and oxygen atoms in total. The highest BCUT2D eigenvalue weighted by molar-refractivity contribution is 7.13. The summed E-state index contributed by atoms with van der Waals surface area (Å²) in [5, 5.41) is 14.8. The molecular formula is C14H21N3OS. The summed E-state index contributed by atoms with van der Waals surface area (Å²) in [6.45, 7) is 5.22. The zero-order chi connectivity index (χ0) is 13.7. The largest absolute Gasteiger partial charge is 0.395 e. The summed E-state index contributed by atoms with van der Waals surface area (Å²) in [5.74, 6) is 1.01. The molecule has 0 aromatic carbocycles. The lowest BCUT2D eigenvalue weighted by Crippen LogP contribution is -2.38. The highest BCUT2D eigenvalue weighted by atomic mass is 32.1. The van der Waals surface area contributed by atoms with Gasteiger partial charge in [-0.05, 0) is 17.9 Å². The minimum absolute atomic E-state index is 0.138. The first-order chi connectivity index (χ1) is 9.20. The van der Waals surface area contributed by atoms with Gasteiger partial charge in [-0.3, -0.25) is 0 Å². The van der Waals surface area contributed by atoms with E-state index in [1.165, 1.54) is 4.88 Å². The molecule has 0 saturated carbocycles. The second kappa shape index (κ2) is 6.84. The number of hydrogen-bond donors (Lipinski definition) is 2. The van der Waals surface area contributed by atoms with E-state index in [2.05, 4.69) is 40.2 Å². The molecule has 0 aliphatic carbocycles. The van der Waals surface area contributed by atoms with E-state index in [9.17, 15) is 5.11 Å². The lowest BCUT2D eigenvalue weighted by Gasteiger charge is -2.19. The number of imidazole rings is 1. The summed E-state index contributed by atoms with van der Waals surface area (Å²) in [6, 6.07) is 4.64. The Kier molecular flexibility index (Phi) is 5.13. The van der Waals surface area contributed by atoms with Crippen molar-refractivity contribution in [1.82, 2.24) is 14.9 Å². The SMILES string of the molecule is CC(C)NC(CO)CCn1ccnc1-c1cccs1. The highest BCUT2D eigenvalue weighted by Gasteiger charge is 2.11. The van der Waals surface area contributed by atoms with Gasteiger partial charge in [0, 0.05) is 31.0 Å². The quantitative estimate of drug-likeness (QED) is 0.818. The molecular weight excluding hydrogens is 258 g/mol. The van der Waals surface area contributed by atoms with Gasteiger partial charge in [0.1, 0.15) is 5.82 Å². The second-order valence-corrected chi connectivity index (χ2v) is 5.86. The van der Waals surface area contributed by atoms with Gasteiger partial charge in [-0.2, -0.15) is 0 Å². The van der Waals surface area contributed by atoms with Gasteiger partial charge in [0.15, 0.2) is 0 Å². The van der Waals surface area contributed by atoms with Crippen LogP contribution >= 0.6 is 11.3 Å². The van der Waals surface area contributed by atoms with Gasteiger partial charge in [0.05, 0.1) is 11.5 Å². The molecule has 0 amide bonds. The minimum Gasteiger partial charge on any atom is -0.395 e. The topological polar surface area (TPSA) is 50.1 Å². The average molecular weight is 279 g/mol. The van der Waals surface area contributed by atoms with E-state index < -0.39 is 0 Å². The van der Waals surface area contributed by atoms with E-state index >= 15 is 0 Å². The zero-order valence-electron chi connectivity index (χ0n) is 11.4. The van der Waals surface area contributed by atoms with Gasteiger partial charge in [-0.1, -0.05) is 19.9 Å². The Morgan fingerprint density at radius 2 is 2.32 bits per heavy atom. The van der Waals surface area contributed by atoms with Crippen LogP contribution in [0.5, 0.6) is 0 Å². The van der Waals surface area contributed by atoms with Crippen LogP contribution in [0.25, 0.3) is 10.7 Å². The van der Waals surface area contributed by atoms with Crippen molar-refractivity contribution in [3.8, 4) is 10.7 Å². The van der Waals surface area contributed by atoms with Crippen LogP contribution in [0.2, 0.25) is 0 Å². The first-order valence-electron chi connectivity index (χ1n) is 6.62. The Morgan fingerprint density at radius 1 is 1.47 bits per heavy atom. The molecule has 5 heteroatoms. The third kappa shape index (κ3) is 3.89. The Labute approximate surface area is 118 Å². The molecule has 0 fully saturated rings. The van der Waals surface area contributed by atoms with Gasteiger partial charge in [-0.15, -0.1) is 11.3 Å². The van der Waals surface area contributed by atoms with Crippen LogP contribution in [-0.2, 0) is 6.54 Å².